The molecule has 0 spiro atoms. The number of aromatic nitrogens is 3. The normalized spacial score (nSPS) is 11.2. The van der Waals surface area contributed by atoms with Crippen molar-refractivity contribution in [2.45, 2.75) is 6.18 Å². The number of nitrogens with one attached hydrogen (secondary N) is 2. The molecule has 2 heterocycles. The van der Waals surface area contributed by atoms with Gasteiger partial charge in [0, 0.05) is 16.5 Å². The van der Waals surface area contributed by atoms with E-state index in [0.717, 1.165) is 17.4 Å². The molecule has 0 fully saturated rings. The zero-order chi connectivity index (χ0) is 24.3. The number of rotatable bonds is 5. The van der Waals surface area contributed by atoms with E-state index >= 15 is 0 Å². The van der Waals surface area contributed by atoms with Crippen LogP contribution in [-0.4, -0.2) is 33.7 Å². The van der Waals surface area contributed by atoms with Gasteiger partial charge in [-0.05, 0) is 30.3 Å². The van der Waals surface area contributed by atoms with E-state index in [1.807, 2.05) is 0 Å². The Bertz CT molecular complexity index is 1320. The summed E-state index contributed by atoms with van der Waals surface area (Å²) in [5.74, 6) is -0.832. The average molecular weight is 487 g/mol. The molecule has 0 radical (unpaired) electrons. The third-order valence-electron chi connectivity index (χ3n) is 4.62. The molecule has 0 aliphatic heterocycles. The van der Waals surface area contributed by atoms with Crippen molar-refractivity contribution in [1.82, 2.24) is 25.6 Å². The summed E-state index contributed by atoms with van der Waals surface area (Å²) >= 11 is 0.806. The van der Waals surface area contributed by atoms with Crippen molar-refractivity contribution in [3.05, 3.63) is 83.0 Å². The van der Waals surface area contributed by atoms with Crippen molar-refractivity contribution in [1.29, 1.82) is 0 Å². The van der Waals surface area contributed by atoms with Crippen molar-refractivity contribution in [3.8, 4) is 22.1 Å². The number of alkyl halides is 3. The zero-order valence-corrected chi connectivity index (χ0v) is 18.3. The van der Waals surface area contributed by atoms with E-state index in [1.54, 1.807) is 42.5 Å². The molecule has 2 aromatic carbocycles. The summed E-state index contributed by atoms with van der Waals surface area (Å²) in [4.78, 5) is 28.5. The van der Waals surface area contributed by atoms with E-state index in [1.165, 1.54) is 24.6 Å². The van der Waals surface area contributed by atoms with Gasteiger partial charge in [-0.2, -0.15) is 18.3 Å². The smallest absolute Gasteiger partial charge is 0.433 e. The molecule has 4 rings (SSSR count). The first-order chi connectivity index (χ1) is 16.3. The lowest BCUT2D eigenvalue weighted by molar-refractivity contribution is -0.142. The van der Waals surface area contributed by atoms with E-state index < -0.39 is 23.7 Å². The van der Waals surface area contributed by atoms with Crippen LogP contribution in [0.4, 0.5) is 13.2 Å². The molecule has 0 saturated heterocycles. The maximum Gasteiger partial charge on any atom is 0.433 e. The summed E-state index contributed by atoms with van der Waals surface area (Å²) in [6, 6.07) is 15.5. The largest absolute Gasteiger partial charge is 0.497 e. The van der Waals surface area contributed by atoms with Gasteiger partial charge in [0.2, 0.25) is 5.13 Å². The minimum absolute atomic E-state index is 0.112. The molecule has 2 N–H and O–H groups in total. The van der Waals surface area contributed by atoms with Crippen molar-refractivity contribution in [2.24, 2.45) is 0 Å². The summed E-state index contributed by atoms with van der Waals surface area (Å²) in [6.45, 7) is 0. The highest BCUT2D eigenvalue weighted by molar-refractivity contribution is 7.12. The van der Waals surface area contributed by atoms with Crippen LogP contribution in [-0.2, 0) is 6.18 Å². The van der Waals surface area contributed by atoms with Gasteiger partial charge in [0.1, 0.15) is 11.4 Å². The summed E-state index contributed by atoms with van der Waals surface area (Å²) < 4.78 is 46.6. The molecule has 0 bridgehead atoms. The van der Waals surface area contributed by atoms with Crippen molar-refractivity contribution in [2.75, 3.05) is 7.11 Å². The molecular formula is C22H16F3N5O3S. The summed E-state index contributed by atoms with van der Waals surface area (Å²) in [5, 5.41) is 5.17. The van der Waals surface area contributed by atoms with Crippen molar-refractivity contribution < 1.29 is 27.5 Å². The highest BCUT2D eigenvalue weighted by atomic mass is 32.1. The van der Waals surface area contributed by atoms with Gasteiger partial charge in [0.25, 0.3) is 11.8 Å². The first-order valence-electron chi connectivity index (χ1n) is 9.69. The fourth-order valence-corrected chi connectivity index (χ4v) is 3.70. The first-order valence-corrected chi connectivity index (χ1v) is 10.6. The van der Waals surface area contributed by atoms with Gasteiger partial charge in [-0.3, -0.25) is 20.4 Å². The number of benzene rings is 2. The van der Waals surface area contributed by atoms with Crippen LogP contribution < -0.4 is 15.6 Å². The van der Waals surface area contributed by atoms with Crippen LogP contribution >= 0.6 is 11.3 Å². The molecule has 0 unspecified atom stereocenters. The number of methoxy groups -OCH3 is 1. The third kappa shape index (κ3) is 4.91. The Kier molecular flexibility index (Phi) is 6.32. The second-order valence-electron chi connectivity index (χ2n) is 6.84. The second-order valence-corrected chi connectivity index (χ2v) is 7.68. The first kappa shape index (κ1) is 23.0. The van der Waals surface area contributed by atoms with Crippen LogP contribution in [0.3, 0.4) is 0 Å². The van der Waals surface area contributed by atoms with Crippen LogP contribution in [0, 0.1) is 0 Å². The molecule has 0 aliphatic carbocycles. The van der Waals surface area contributed by atoms with Gasteiger partial charge in [0.15, 0.2) is 5.69 Å². The highest BCUT2D eigenvalue weighted by Gasteiger charge is 2.37. The van der Waals surface area contributed by atoms with E-state index in [4.69, 9.17) is 4.74 Å². The lowest BCUT2D eigenvalue weighted by atomic mass is 10.1. The number of hydrogen-bond donors (Lipinski definition) is 2. The SMILES string of the molecule is COc1ccc(C(=O)NNC(=O)c2csc(-n3nc(-c4ccccc4)cc3C(F)(F)F)n2)cc1. The monoisotopic (exact) mass is 487 g/mol. The Balaban J connectivity index is 1.51. The number of thiazole rings is 1. The maximum absolute atomic E-state index is 13.6. The predicted octanol–water partition coefficient (Wildman–Crippen LogP) is 4.10. The molecule has 0 saturated carbocycles. The van der Waals surface area contributed by atoms with E-state index in [9.17, 15) is 22.8 Å². The Labute approximate surface area is 195 Å². The molecule has 174 valence electrons. The van der Waals surface area contributed by atoms with Gasteiger partial charge in [-0.1, -0.05) is 30.3 Å². The predicted molar refractivity (Wildman–Crippen MR) is 118 cm³/mol. The topological polar surface area (TPSA) is 98.1 Å². The zero-order valence-electron chi connectivity index (χ0n) is 17.5. The highest BCUT2D eigenvalue weighted by Crippen LogP contribution is 2.34. The van der Waals surface area contributed by atoms with Gasteiger partial charge in [0.05, 0.1) is 12.8 Å². The molecule has 34 heavy (non-hydrogen) atoms. The number of ether oxygens (including phenoxy) is 1. The molecule has 0 atom stereocenters. The standard InChI is InChI=1S/C22H16F3N5O3S/c1-33-15-9-7-14(8-10-15)19(31)27-28-20(32)17-12-34-21(26-17)30-18(22(23,24)25)11-16(29-30)13-5-3-2-4-6-13/h2-12H,1H3,(H,27,31)(H,28,32). The fourth-order valence-electron chi connectivity index (χ4n) is 2.94. The number of carbonyl (C=O) groups is 2. The maximum atomic E-state index is 13.6. The molecule has 12 heteroatoms. The van der Waals surface area contributed by atoms with E-state index in [2.05, 4.69) is 20.9 Å². The number of amides is 2. The number of nitrogens with zero attached hydrogens (tertiary/aromatic N) is 3. The van der Waals surface area contributed by atoms with Crippen LogP contribution in [0.25, 0.3) is 16.4 Å². The van der Waals surface area contributed by atoms with E-state index in [0.29, 0.717) is 16.0 Å². The van der Waals surface area contributed by atoms with Gasteiger partial charge in [-0.25, -0.2) is 9.67 Å². The Morgan fingerprint density at radius 2 is 1.68 bits per heavy atom. The van der Waals surface area contributed by atoms with Gasteiger partial charge < -0.3 is 4.74 Å². The Morgan fingerprint density at radius 1 is 1.00 bits per heavy atom. The molecule has 4 aromatic rings. The summed E-state index contributed by atoms with van der Waals surface area (Å²) in [5.41, 5.74) is 4.09. The Morgan fingerprint density at radius 3 is 2.32 bits per heavy atom. The lowest BCUT2D eigenvalue weighted by Crippen LogP contribution is -2.41. The van der Waals surface area contributed by atoms with Crippen LogP contribution in [0.5, 0.6) is 5.75 Å². The van der Waals surface area contributed by atoms with Crippen molar-refractivity contribution >= 4 is 23.2 Å². The quantitative estimate of drug-likeness (QED) is 0.413. The lowest BCUT2D eigenvalue weighted by Gasteiger charge is -2.07. The van der Waals surface area contributed by atoms with Gasteiger partial charge in [-0.15, -0.1) is 11.3 Å². The van der Waals surface area contributed by atoms with Crippen LogP contribution in [0.2, 0.25) is 0 Å². The van der Waals surface area contributed by atoms with Crippen LogP contribution in [0.15, 0.2) is 66.0 Å². The van der Waals surface area contributed by atoms with Crippen molar-refractivity contribution in [3.63, 3.8) is 0 Å². The van der Waals surface area contributed by atoms with E-state index in [-0.39, 0.29) is 22.1 Å². The molecular weight excluding hydrogens is 471 g/mol. The molecule has 2 amide bonds. The number of hydrogen-bond acceptors (Lipinski definition) is 6. The molecule has 0 aliphatic rings. The third-order valence-corrected chi connectivity index (χ3v) is 5.43. The van der Waals surface area contributed by atoms with Crippen LogP contribution in [0.1, 0.15) is 26.5 Å². The number of hydrazine groups is 1. The second kappa shape index (κ2) is 9.35. The summed E-state index contributed by atoms with van der Waals surface area (Å²) in [6.07, 6.45) is -4.69. The Hall–Kier alpha value is -4.19. The number of halogens is 3. The fraction of sp³-hybridized carbons (Fsp3) is 0.0909. The molecule has 8 nitrogen and oxygen atoms in total. The average Bonchev–Trinajstić information content (AvgIpc) is 3.50. The molecule has 2 aromatic heterocycles. The minimum Gasteiger partial charge on any atom is -0.497 e. The number of carbonyl (C=O) groups excluding carboxylic acids is 2. The van der Waals surface area contributed by atoms with Gasteiger partial charge >= 0.3 is 6.18 Å². The summed E-state index contributed by atoms with van der Waals surface area (Å²) in [7, 11) is 1.49. The minimum atomic E-state index is -4.69.